The third-order valence-electron chi connectivity index (χ3n) is 4.07. The van der Waals surface area contributed by atoms with Crippen molar-refractivity contribution in [2.45, 2.75) is 13.0 Å². The quantitative estimate of drug-likeness (QED) is 0.579. The summed E-state index contributed by atoms with van der Waals surface area (Å²) in [5.41, 5.74) is 1.41. The maximum atomic E-state index is 12.6. The van der Waals surface area contributed by atoms with Crippen LogP contribution in [0.1, 0.15) is 11.1 Å². The van der Waals surface area contributed by atoms with Crippen LogP contribution in [0.15, 0.2) is 47.4 Å². The third-order valence-corrected chi connectivity index (χ3v) is 4.44. The molecule has 8 heteroatoms. The molecule has 0 saturated carbocycles. The molecule has 0 atom stereocenters. The first-order chi connectivity index (χ1) is 12.9. The molecule has 0 saturated heterocycles. The van der Waals surface area contributed by atoms with Gasteiger partial charge in [0.25, 0.3) is 0 Å². The molecule has 0 aliphatic rings. The van der Waals surface area contributed by atoms with Gasteiger partial charge in [0.1, 0.15) is 5.75 Å². The summed E-state index contributed by atoms with van der Waals surface area (Å²) in [6.45, 7) is -0.0182. The summed E-state index contributed by atoms with van der Waals surface area (Å²) in [6.07, 6.45) is 0.0395. The van der Waals surface area contributed by atoms with E-state index in [2.05, 4.69) is 4.74 Å². The fourth-order valence-electron chi connectivity index (χ4n) is 2.90. The number of aliphatic hydroxyl groups excluding tert-OH is 1. The summed E-state index contributed by atoms with van der Waals surface area (Å²) in [5.74, 6) is -0.256. The Bertz CT molecular complexity index is 1080. The molecule has 1 heterocycles. The van der Waals surface area contributed by atoms with Crippen molar-refractivity contribution in [3.63, 3.8) is 0 Å². The maximum absolute atomic E-state index is 12.6. The molecule has 0 radical (unpaired) electrons. The number of hydrogen-bond donors (Lipinski definition) is 3. The van der Waals surface area contributed by atoms with Gasteiger partial charge in [0, 0.05) is 17.0 Å². The number of carboxylic acid groups (broad SMARTS) is 1. The molecule has 0 spiro atoms. The monoisotopic (exact) mass is 389 g/mol. The van der Waals surface area contributed by atoms with Crippen LogP contribution in [0, 0.1) is 0 Å². The van der Waals surface area contributed by atoms with E-state index in [1.54, 1.807) is 34.9 Å². The second-order valence-electron chi connectivity index (χ2n) is 5.91. The Kier molecular flexibility index (Phi) is 5.34. The van der Waals surface area contributed by atoms with E-state index in [9.17, 15) is 19.8 Å². The number of carbonyl (C=O) groups is 1. The largest absolute Gasteiger partial charge is 0.511 e. The molecule has 7 nitrogen and oxygen atoms in total. The van der Waals surface area contributed by atoms with Gasteiger partial charge in [-0.05, 0) is 47.9 Å². The number of fused-ring (bicyclic) bond motifs is 1. The minimum Gasteiger partial charge on any atom is -0.508 e. The summed E-state index contributed by atoms with van der Waals surface area (Å²) < 4.78 is 6.14. The lowest BCUT2D eigenvalue weighted by Crippen LogP contribution is -2.17. The first kappa shape index (κ1) is 18.8. The molecule has 0 aliphatic heterocycles. The van der Waals surface area contributed by atoms with E-state index in [0.717, 1.165) is 5.56 Å². The number of phenolic OH excluding ortho intramolecular Hbond substituents is 1. The van der Waals surface area contributed by atoms with Crippen LogP contribution in [0.4, 0.5) is 4.79 Å². The SMILES string of the molecule is O=C(O)Oc1cn(CCO)c2ccc(Cc3cc(O)ccc3Cl)cc2c1=O. The highest BCUT2D eigenvalue weighted by Gasteiger charge is 2.14. The van der Waals surface area contributed by atoms with Crippen molar-refractivity contribution >= 4 is 28.7 Å². The third kappa shape index (κ3) is 4.05. The van der Waals surface area contributed by atoms with E-state index in [1.807, 2.05) is 0 Å². The number of pyridine rings is 1. The molecule has 0 unspecified atom stereocenters. The van der Waals surface area contributed by atoms with Crippen LogP contribution in [0.3, 0.4) is 0 Å². The number of halogens is 1. The first-order valence-corrected chi connectivity index (χ1v) is 8.42. The number of rotatable bonds is 5. The second-order valence-corrected chi connectivity index (χ2v) is 6.32. The first-order valence-electron chi connectivity index (χ1n) is 8.04. The summed E-state index contributed by atoms with van der Waals surface area (Å²) in [7, 11) is 0. The van der Waals surface area contributed by atoms with Crippen molar-refractivity contribution in [3.8, 4) is 11.5 Å². The topological polar surface area (TPSA) is 109 Å². The van der Waals surface area contributed by atoms with Gasteiger partial charge in [0.05, 0.1) is 18.3 Å². The Morgan fingerprint density at radius 2 is 1.96 bits per heavy atom. The number of aliphatic hydroxyl groups is 1. The highest BCUT2D eigenvalue weighted by molar-refractivity contribution is 6.31. The van der Waals surface area contributed by atoms with Gasteiger partial charge >= 0.3 is 6.16 Å². The summed E-state index contributed by atoms with van der Waals surface area (Å²) in [6, 6.07) is 9.74. The summed E-state index contributed by atoms with van der Waals surface area (Å²) in [4.78, 5) is 23.5. The molecule has 0 aliphatic carbocycles. The molecule has 3 rings (SSSR count). The van der Waals surface area contributed by atoms with Crippen LogP contribution in [-0.4, -0.2) is 32.6 Å². The van der Waals surface area contributed by atoms with Crippen molar-refractivity contribution in [2.75, 3.05) is 6.61 Å². The predicted molar refractivity (Wildman–Crippen MR) is 99.9 cm³/mol. The maximum Gasteiger partial charge on any atom is 0.511 e. The lowest BCUT2D eigenvalue weighted by atomic mass is 10.0. The predicted octanol–water partition coefficient (Wildman–Crippen LogP) is 3.00. The fourth-order valence-corrected chi connectivity index (χ4v) is 3.09. The number of aromatic nitrogens is 1. The highest BCUT2D eigenvalue weighted by atomic mass is 35.5. The molecule has 140 valence electrons. The molecular weight excluding hydrogens is 374 g/mol. The summed E-state index contributed by atoms with van der Waals surface area (Å²) in [5, 5.41) is 28.4. The average Bonchev–Trinajstić information content (AvgIpc) is 2.62. The number of nitrogens with zero attached hydrogens (tertiary/aromatic N) is 1. The Balaban J connectivity index is 2.12. The van der Waals surface area contributed by atoms with Crippen LogP contribution in [0.25, 0.3) is 10.9 Å². The van der Waals surface area contributed by atoms with Crippen LogP contribution in [-0.2, 0) is 13.0 Å². The van der Waals surface area contributed by atoms with Crippen molar-refractivity contribution in [1.82, 2.24) is 4.57 Å². The molecule has 0 fully saturated rings. The minimum absolute atomic E-state index is 0.0811. The molecule has 27 heavy (non-hydrogen) atoms. The van der Waals surface area contributed by atoms with E-state index < -0.39 is 11.6 Å². The smallest absolute Gasteiger partial charge is 0.508 e. The number of benzene rings is 2. The Morgan fingerprint density at radius 3 is 2.67 bits per heavy atom. The fraction of sp³-hybridized carbons (Fsp3) is 0.158. The van der Waals surface area contributed by atoms with Crippen LogP contribution >= 0.6 is 11.6 Å². The van der Waals surface area contributed by atoms with Gasteiger partial charge in [-0.1, -0.05) is 17.7 Å². The highest BCUT2D eigenvalue weighted by Crippen LogP contribution is 2.25. The zero-order valence-electron chi connectivity index (χ0n) is 14.1. The standard InChI is InChI=1S/C19H16ClNO6/c20-15-3-2-13(23)9-12(15)7-11-1-4-16-14(8-11)18(24)17(27-19(25)26)10-21(16)5-6-22/h1-4,8-10,22-23H,5-7H2,(H,25,26). The van der Waals surface area contributed by atoms with Crippen molar-refractivity contribution in [2.24, 2.45) is 0 Å². The van der Waals surface area contributed by atoms with Crippen molar-refractivity contribution in [3.05, 3.63) is 69.0 Å². The molecule has 3 N–H and O–H groups in total. The van der Waals surface area contributed by atoms with Crippen molar-refractivity contribution < 1.29 is 24.9 Å². The molecule has 0 amide bonds. The van der Waals surface area contributed by atoms with Gasteiger partial charge in [0.2, 0.25) is 5.43 Å². The van der Waals surface area contributed by atoms with Gasteiger partial charge < -0.3 is 24.6 Å². The van der Waals surface area contributed by atoms with E-state index in [4.69, 9.17) is 16.7 Å². The Morgan fingerprint density at radius 1 is 1.19 bits per heavy atom. The van der Waals surface area contributed by atoms with Gasteiger partial charge in [-0.15, -0.1) is 0 Å². The lowest BCUT2D eigenvalue weighted by Gasteiger charge is -2.13. The minimum atomic E-state index is -1.59. The zero-order chi connectivity index (χ0) is 19.6. The van der Waals surface area contributed by atoms with Gasteiger partial charge in [-0.3, -0.25) is 4.79 Å². The van der Waals surface area contributed by atoms with E-state index in [1.165, 1.54) is 12.3 Å². The summed E-state index contributed by atoms with van der Waals surface area (Å²) >= 11 is 6.15. The molecule has 3 aromatic rings. The molecular formula is C19H16ClNO6. The van der Waals surface area contributed by atoms with Crippen molar-refractivity contribution in [1.29, 1.82) is 0 Å². The van der Waals surface area contributed by atoms with E-state index in [0.29, 0.717) is 22.5 Å². The van der Waals surface area contributed by atoms with Gasteiger partial charge in [-0.2, -0.15) is 0 Å². The van der Waals surface area contributed by atoms with Crippen LogP contribution in [0.5, 0.6) is 11.5 Å². The van der Waals surface area contributed by atoms with Crippen LogP contribution < -0.4 is 10.2 Å². The average molecular weight is 390 g/mol. The molecule has 1 aromatic heterocycles. The van der Waals surface area contributed by atoms with Gasteiger partial charge in [0.15, 0.2) is 5.75 Å². The second kappa shape index (κ2) is 7.69. The normalized spacial score (nSPS) is 10.9. The van der Waals surface area contributed by atoms with E-state index >= 15 is 0 Å². The van der Waals surface area contributed by atoms with E-state index in [-0.39, 0.29) is 30.0 Å². The van der Waals surface area contributed by atoms with Gasteiger partial charge in [-0.25, -0.2) is 4.79 Å². The number of aromatic hydroxyl groups is 1. The number of ether oxygens (including phenoxy) is 1. The Hall–Kier alpha value is -3.03. The molecule has 0 bridgehead atoms. The number of hydrogen-bond acceptors (Lipinski definition) is 5. The lowest BCUT2D eigenvalue weighted by molar-refractivity contribution is 0.143. The zero-order valence-corrected chi connectivity index (χ0v) is 14.8. The number of phenols is 1. The van der Waals surface area contributed by atoms with Crippen LogP contribution in [0.2, 0.25) is 5.02 Å². The Labute approximate surface area is 158 Å². The molecule has 2 aromatic carbocycles.